The molecule has 2 aromatic carbocycles. The van der Waals surface area contributed by atoms with E-state index in [4.69, 9.17) is 9.84 Å². The number of fused-ring (bicyclic) bond motifs is 1. The van der Waals surface area contributed by atoms with Gasteiger partial charge in [0.05, 0.1) is 18.4 Å². The molecular formula is C28H35N5O. The van der Waals surface area contributed by atoms with Gasteiger partial charge in [0.25, 0.3) is 0 Å². The Morgan fingerprint density at radius 2 is 1.85 bits per heavy atom. The molecule has 34 heavy (non-hydrogen) atoms. The van der Waals surface area contributed by atoms with Crippen molar-refractivity contribution in [2.75, 3.05) is 19.0 Å². The lowest BCUT2D eigenvalue weighted by Crippen LogP contribution is -2.22. The predicted octanol–water partition coefficient (Wildman–Crippen LogP) is 5.42. The van der Waals surface area contributed by atoms with Gasteiger partial charge in [-0.1, -0.05) is 59.2 Å². The summed E-state index contributed by atoms with van der Waals surface area (Å²) in [7, 11) is 1.67. The van der Waals surface area contributed by atoms with Crippen molar-refractivity contribution in [2.45, 2.75) is 59.3 Å². The fraction of sp³-hybridized carbons (Fsp3) is 0.393. The number of hydrogen-bond acceptors (Lipinski definition) is 5. The number of para-hydroxylation sites is 1. The molecule has 0 spiro atoms. The first-order chi connectivity index (χ1) is 16.4. The van der Waals surface area contributed by atoms with E-state index in [9.17, 15) is 0 Å². The summed E-state index contributed by atoms with van der Waals surface area (Å²) in [6.45, 7) is 12.0. The van der Waals surface area contributed by atoms with Crippen LogP contribution in [0.1, 0.15) is 64.3 Å². The molecule has 0 amide bonds. The number of aromatic nitrogens is 4. The average Bonchev–Trinajstić information content (AvgIpc) is 3.40. The topological polar surface area (TPSA) is 64.3 Å². The van der Waals surface area contributed by atoms with Gasteiger partial charge in [-0.2, -0.15) is 9.61 Å². The van der Waals surface area contributed by atoms with E-state index in [1.165, 1.54) is 29.7 Å². The number of hydrogen-bond donors (Lipinski definition) is 1. The summed E-state index contributed by atoms with van der Waals surface area (Å²) in [4.78, 5) is 0. The minimum Gasteiger partial charge on any atom is -0.496 e. The van der Waals surface area contributed by atoms with Crippen molar-refractivity contribution < 1.29 is 4.74 Å². The summed E-state index contributed by atoms with van der Waals surface area (Å²) >= 11 is 0. The number of rotatable bonds is 8. The zero-order chi connectivity index (χ0) is 24.3. The number of methoxy groups -OCH3 is 1. The highest BCUT2D eigenvalue weighted by molar-refractivity contribution is 5.69. The minimum atomic E-state index is -0.154. The normalized spacial score (nSPS) is 12.5. The number of nitrogens with one attached hydrogen (secondary N) is 1. The van der Waals surface area contributed by atoms with Gasteiger partial charge in [0.2, 0.25) is 0 Å². The van der Waals surface area contributed by atoms with Crippen LogP contribution in [0.3, 0.4) is 0 Å². The number of unbranched alkanes of at least 4 members (excludes halogenated alkanes) is 1. The lowest BCUT2D eigenvalue weighted by molar-refractivity contribution is 0.416. The van der Waals surface area contributed by atoms with E-state index < -0.39 is 0 Å². The Morgan fingerprint density at radius 1 is 1.06 bits per heavy atom. The second kappa shape index (κ2) is 9.84. The summed E-state index contributed by atoms with van der Waals surface area (Å²) < 4.78 is 7.43. The molecule has 0 aliphatic carbocycles. The van der Waals surface area contributed by atoms with Gasteiger partial charge in [-0.3, -0.25) is 0 Å². The molecule has 0 unspecified atom stereocenters. The Morgan fingerprint density at radius 3 is 2.56 bits per heavy atom. The third-order valence-electron chi connectivity index (χ3n) is 6.08. The monoisotopic (exact) mass is 457 g/mol. The molecule has 6 heteroatoms. The molecule has 178 valence electrons. The smallest absolute Gasteiger partial charge is 0.189 e. The molecule has 0 fully saturated rings. The lowest BCUT2D eigenvalue weighted by Gasteiger charge is -2.15. The number of aryl methyl sites for hydroxylation is 1. The van der Waals surface area contributed by atoms with Crippen molar-refractivity contribution in [3.05, 3.63) is 64.5 Å². The second-order valence-corrected chi connectivity index (χ2v) is 9.66. The maximum atomic E-state index is 5.57. The van der Waals surface area contributed by atoms with E-state index in [0.717, 1.165) is 40.8 Å². The molecule has 0 bridgehead atoms. The molecule has 4 rings (SSSR count). The van der Waals surface area contributed by atoms with Crippen molar-refractivity contribution in [3.63, 3.8) is 0 Å². The zero-order valence-corrected chi connectivity index (χ0v) is 21.1. The van der Waals surface area contributed by atoms with Crippen LogP contribution in [0, 0.1) is 0 Å². The summed E-state index contributed by atoms with van der Waals surface area (Å²) in [6.07, 6.45) is 5.52. The first kappa shape index (κ1) is 23.7. The van der Waals surface area contributed by atoms with Crippen LogP contribution in [0.4, 0.5) is 5.69 Å². The molecule has 0 saturated heterocycles. The third-order valence-corrected chi connectivity index (χ3v) is 6.08. The first-order valence-electron chi connectivity index (χ1n) is 12.1. The van der Waals surface area contributed by atoms with E-state index in [-0.39, 0.29) is 5.41 Å². The molecule has 0 aliphatic rings. The molecule has 0 atom stereocenters. The summed E-state index contributed by atoms with van der Waals surface area (Å²) in [6, 6.07) is 14.5. The summed E-state index contributed by atoms with van der Waals surface area (Å²) in [5.41, 5.74) is 6.14. The average molecular weight is 458 g/mol. The van der Waals surface area contributed by atoms with Gasteiger partial charge < -0.3 is 10.1 Å². The van der Waals surface area contributed by atoms with E-state index in [1.807, 2.05) is 28.8 Å². The Hall–Kier alpha value is -3.41. The van der Waals surface area contributed by atoms with E-state index >= 15 is 0 Å². The van der Waals surface area contributed by atoms with Crippen molar-refractivity contribution in [3.8, 4) is 17.1 Å². The van der Waals surface area contributed by atoms with Crippen molar-refractivity contribution in [2.24, 2.45) is 0 Å². The molecule has 6 nitrogen and oxygen atoms in total. The highest BCUT2D eigenvalue weighted by atomic mass is 16.5. The SMILES string of the molecule is CCCCNc1ccc(/C=c2/c(C(C)(C)C)nn3c(-c4ccccc4OC)nnc23)c(CC)c1. The summed E-state index contributed by atoms with van der Waals surface area (Å²) in [5.74, 6) is 1.44. The van der Waals surface area contributed by atoms with Crippen LogP contribution in [-0.2, 0) is 11.8 Å². The Labute approximate surface area is 202 Å². The van der Waals surface area contributed by atoms with Crippen LogP contribution in [0.25, 0.3) is 23.1 Å². The number of benzene rings is 2. The second-order valence-electron chi connectivity index (χ2n) is 9.66. The molecule has 4 aromatic rings. The van der Waals surface area contributed by atoms with Crippen LogP contribution in [0.5, 0.6) is 5.75 Å². The van der Waals surface area contributed by atoms with Gasteiger partial charge in [-0.15, -0.1) is 10.2 Å². The van der Waals surface area contributed by atoms with Crippen LogP contribution < -0.4 is 15.3 Å². The van der Waals surface area contributed by atoms with Crippen LogP contribution in [0.15, 0.2) is 42.5 Å². The highest BCUT2D eigenvalue weighted by Gasteiger charge is 2.25. The Balaban J connectivity index is 1.88. The maximum absolute atomic E-state index is 5.57. The van der Waals surface area contributed by atoms with Crippen LogP contribution >= 0.6 is 0 Å². The Bertz CT molecular complexity index is 1330. The standard InChI is InChI=1S/C28H35N5O/c1-7-9-16-29-21-15-14-20(19(8-2)17-21)18-23-25(28(3,4)5)32-33-26(30-31-27(23)33)22-12-10-11-13-24(22)34-6/h10-15,17-18,29H,7-9,16H2,1-6H3/b23-18-. The largest absolute Gasteiger partial charge is 0.496 e. The highest BCUT2D eigenvalue weighted by Crippen LogP contribution is 2.29. The van der Waals surface area contributed by atoms with Gasteiger partial charge in [0.15, 0.2) is 11.5 Å². The molecule has 0 radical (unpaired) electrons. The van der Waals surface area contributed by atoms with Crippen molar-refractivity contribution >= 4 is 17.4 Å². The van der Waals surface area contributed by atoms with Gasteiger partial charge in [-0.25, -0.2) is 0 Å². The molecule has 2 aromatic heterocycles. The van der Waals surface area contributed by atoms with E-state index in [2.05, 4.69) is 74.4 Å². The molecule has 0 saturated carbocycles. The van der Waals surface area contributed by atoms with Crippen molar-refractivity contribution in [1.29, 1.82) is 0 Å². The number of anilines is 1. The fourth-order valence-electron chi connectivity index (χ4n) is 4.21. The molecule has 0 aliphatic heterocycles. The lowest BCUT2D eigenvalue weighted by atomic mass is 9.90. The van der Waals surface area contributed by atoms with Gasteiger partial charge in [0, 0.05) is 22.9 Å². The van der Waals surface area contributed by atoms with Gasteiger partial charge in [-0.05, 0) is 54.3 Å². The zero-order valence-electron chi connectivity index (χ0n) is 21.1. The van der Waals surface area contributed by atoms with Crippen molar-refractivity contribution in [1.82, 2.24) is 19.8 Å². The first-order valence-corrected chi connectivity index (χ1v) is 12.1. The van der Waals surface area contributed by atoms with Gasteiger partial charge >= 0.3 is 0 Å². The Kier molecular flexibility index (Phi) is 6.87. The number of nitrogens with zero attached hydrogens (tertiary/aromatic N) is 4. The van der Waals surface area contributed by atoms with Crippen LogP contribution in [0.2, 0.25) is 0 Å². The minimum absolute atomic E-state index is 0.154. The predicted molar refractivity (Wildman–Crippen MR) is 139 cm³/mol. The number of ether oxygens (including phenoxy) is 1. The molecule has 2 heterocycles. The molecule has 1 N–H and O–H groups in total. The van der Waals surface area contributed by atoms with Crippen LogP contribution in [-0.4, -0.2) is 33.5 Å². The fourth-order valence-corrected chi connectivity index (χ4v) is 4.21. The third kappa shape index (κ3) is 4.63. The van der Waals surface area contributed by atoms with E-state index in [1.54, 1.807) is 7.11 Å². The molecular weight excluding hydrogens is 422 g/mol. The summed E-state index contributed by atoms with van der Waals surface area (Å²) in [5, 5.41) is 18.6. The maximum Gasteiger partial charge on any atom is 0.189 e. The van der Waals surface area contributed by atoms with Gasteiger partial charge in [0.1, 0.15) is 5.75 Å². The van der Waals surface area contributed by atoms with E-state index in [0.29, 0.717) is 5.82 Å². The quantitative estimate of drug-likeness (QED) is 0.358.